The van der Waals surface area contributed by atoms with Crippen LogP contribution < -0.4 is 5.32 Å². The highest BCUT2D eigenvalue weighted by Crippen LogP contribution is 2.52. The van der Waals surface area contributed by atoms with Crippen LogP contribution in [0.1, 0.15) is 42.4 Å². The fourth-order valence-electron chi connectivity index (χ4n) is 4.90. The molecule has 1 atom stereocenters. The van der Waals surface area contributed by atoms with Gasteiger partial charge >= 0.3 is 6.18 Å². The second-order valence-corrected chi connectivity index (χ2v) is 10.1. The molecule has 1 amide bonds. The van der Waals surface area contributed by atoms with Gasteiger partial charge in [-0.3, -0.25) is 9.18 Å². The number of hydrogen-bond donors (Lipinski definition) is 1. The maximum Gasteiger partial charge on any atom is 0.435 e. The first-order valence-electron chi connectivity index (χ1n) is 10.8. The van der Waals surface area contributed by atoms with Crippen LogP contribution in [-0.4, -0.2) is 31.5 Å². The van der Waals surface area contributed by atoms with Crippen molar-refractivity contribution in [3.8, 4) is 0 Å². The normalized spacial score (nSPS) is 26.1. The number of oxime groups is 1. The molecule has 0 spiro atoms. The van der Waals surface area contributed by atoms with E-state index in [2.05, 4.69) is 10.5 Å². The largest absolute Gasteiger partial charge is 0.435 e. The quantitative estimate of drug-likeness (QED) is 0.311. The van der Waals surface area contributed by atoms with Gasteiger partial charge in [0.1, 0.15) is 0 Å². The smallest absolute Gasteiger partial charge is 0.374 e. The maximum atomic E-state index is 14.3. The predicted molar refractivity (Wildman–Crippen MR) is 127 cm³/mol. The Hall–Kier alpha value is -2.03. The Morgan fingerprint density at radius 2 is 1.71 bits per heavy atom. The van der Waals surface area contributed by atoms with Gasteiger partial charge in [0.15, 0.2) is 0 Å². The molecular weight excluding hydrogens is 531 g/mol. The third kappa shape index (κ3) is 4.49. The molecule has 4 rings (SSSR count). The fourth-order valence-corrected chi connectivity index (χ4v) is 5.50. The van der Waals surface area contributed by atoms with Gasteiger partial charge in [-0.25, -0.2) is 0 Å². The molecule has 1 aliphatic heterocycles. The summed E-state index contributed by atoms with van der Waals surface area (Å²) >= 11 is 17.9. The zero-order valence-corrected chi connectivity index (χ0v) is 20.8. The van der Waals surface area contributed by atoms with Crippen LogP contribution in [0.5, 0.6) is 0 Å². The van der Waals surface area contributed by atoms with Crippen molar-refractivity contribution in [1.29, 1.82) is 0 Å². The second kappa shape index (κ2) is 9.45. The van der Waals surface area contributed by atoms with Gasteiger partial charge in [0.05, 0.1) is 27.5 Å². The second-order valence-electron chi connectivity index (χ2n) is 8.90. The van der Waals surface area contributed by atoms with Crippen LogP contribution in [0.4, 0.5) is 17.6 Å². The van der Waals surface area contributed by atoms with Crippen molar-refractivity contribution in [1.82, 2.24) is 5.32 Å². The minimum absolute atomic E-state index is 0.0546. The van der Waals surface area contributed by atoms with Crippen molar-refractivity contribution in [2.75, 3.05) is 13.7 Å². The Kier molecular flexibility index (Phi) is 7.03. The Labute approximate surface area is 214 Å². The monoisotopic (exact) mass is 550 g/mol. The van der Waals surface area contributed by atoms with Gasteiger partial charge in [-0.05, 0) is 47.9 Å². The molecule has 1 saturated carbocycles. The average Bonchev–Trinajstić information content (AvgIpc) is 3.26. The molecule has 1 aliphatic carbocycles. The van der Waals surface area contributed by atoms with Gasteiger partial charge in [-0.1, -0.05) is 64.2 Å². The van der Waals surface area contributed by atoms with E-state index in [-0.39, 0.29) is 44.6 Å². The molecular formula is C24H21Cl3F4N2O2. The van der Waals surface area contributed by atoms with Crippen molar-refractivity contribution in [3.05, 3.63) is 68.2 Å². The summed E-state index contributed by atoms with van der Waals surface area (Å²) in [5.41, 5.74) is -2.21. The number of nitrogens with zero attached hydrogens (tertiary/aromatic N) is 1. The Morgan fingerprint density at radius 1 is 1.11 bits per heavy atom. The van der Waals surface area contributed by atoms with Gasteiger partial charge in [0, 0.05) is 24.9 Å². The van der Waals surface area contributed by atoms with E-state index in [1.165, 1.54) is 0 Å². The highest BCUT2D eigenvalue weighted by Gasteiger charge is 2.62. The molecule has 0 bridgehead atoms. The molecule has 2 aromatic rings. The number of alkyl halides is 4. The van der Waals surface area contributed by atoms with Crippen molar-refractivity contribution in [3.63, 3.8) is 0 Å². The number of nitrogens with one attached hydrogen (secondary N) is 1. The molecule has 0 radical (unpaired) electrons. The summed E-state index contributed by atoms with van der Waals surface area (Å²) in [6.07, 6.45) is -4.15. The highest BCUT2D eigenvalue weighted by atomic mass is 35.5. The number of benzene rings is 2. The lowest BCUT2D eigenvalue weighted by atomic mass is 9.57. The summed E-state index contributed by atoms with van der Waals surface area (Å²) in [6.45, 7) is -0.539. The van der Waals surface area contributed by atoms with Gasteiger partial charge in [0.25, 0.3) is 5.60 Å². The first-order chi connectivity index (χ1) is 16.5. The first-order valence-corrected chi connectivity index (χ1v) is 11.9. The Balaban J connectivity index is 1.60. The standard InChI is InChI=1S/C24H21Cl3F4N2O2/c1-32-21(34)14-10-22(11-14,6-7-28)15-4-2-13(3-5-15)19-12-23(35-33-19,24(29,30)31)16-8-17(25)20(27)18(26)9-16/h2-5,8-9,14H,6-7,10-12H2,1H3,(H,32,34). The minimum Gasteiger partial charge on any atom is -0.374 e. The summed E-state index contributed by atoms with van der Waals surface area (Å²) in [4.78, 5) is 17.0. The fraction of sp³-hybridized carbons (Fsp3) is 0.417. The molecule has 0 saturated heterocycles. The van der Waals surface area contributed by atoms with Crippen LogP contribution >= 0.6 is 34.8 Å². The number of rotatable bonds is 6. The molecule has 1 unspecified atom stereocenters. The van der Waals surface area contributed by atoms with E-state index in [4.69, 9.17) is 39.6 Å². The summed E-state index contributed by atoms with van der Waals surface area (Å²) in [5.74, 6) is -0.274. The third-order valence-electron chi connectivity index (χ3n) is 6.93. The summed E-state index contributed by atoms with van der Waals surface area (Å²) in [7, 11) is 1.56. The average molecular weight is 552 g/mol. The molecule has 11 heteroatoms. The molecule has 2 aliphatic rings. The van der Waals surface area contributed by atoms with Gasteiger partial charge < -0.3 is 10.2 Å². The van der Waals surface area contributed by atoms with Crippen LogP contribution in [0.3, 0.4) is 0 Å². The molecule has 1 fully saturated rings. The van der Waals surface area contributed by atoms with Crippen LogP contribution in [-0.2, 0) is 20.6 Å². The summed E-state index contributed by atoms with van der Waals surface area (Å²) in [5, 5.41) is 6.05. The Bertz CT molecular complexity index is 1140. The number of carbonyl (C=O) groups excluding carboxylic acids is 1. The van der Waals surface area contributed by atoms with E-state index in [1.807, 2.05) is 0 Å². The van der Waals surface area contributed by atoms with Crippen molar-refractivity contribution in [2.45, 2.75) is 42.9 Å². The lowest BCUT2D eigenvalue weighted by molar-refractivity contribution is -0.275. The van der Waals surface area contributed by atoms with Crippen molar-refractivity contribution >= 4 is 46.4 Å². The van der Waals surface area contributed by atoms with E-state index in [9.17, 15) is 22.4 Å². The SMILES string of the molecule is CNC(=O)C1CC(CCF)(c2ccc(C3=NOC(c4cc(Cl)c(Cl)c(Cl)c4)(C(F)(F)F)C3)cc2)C1. The minimum atomic E-state index is -4.83. The molecule has 0 aromatic heterocycles. The van der Waals surface area contributed by atoms with Crippen molar-refractivity contribution < 1.29 is 27.2 Å². The zero-order chi connectivity index (χ0) is 25.6. The number of halogens is 7. The number of amides is 1. The van der Waals surface area contributed by atoms with Crippen LogP contribution in [0.15, 0.2) is 41.6 Å². The Morgan fingerprint density at radius 3 is 2.23 bits per heavy atom. The molecule has 1 N–H and O–H groups in total. The van der Waals surface area contributed by atoms with Crippen LogP contribution in [0.2, 0.25) is 15.1 Å². The highest BCUT2D eigenvalue weighted by molar-refractivity contribution is 6.48. The van der Waals surface area contributed by atoms with E-state index in [0.717, 1.165) is 17.7 Å². The van der Waals surface area contributed by atoms with E-state index in [1.54, 1.807) is 31.3 Å². The van der Waals surface area contributed by atoms with Gasteiger partial charge in [0.2, 0.25) is 5.91 Å². The number of carbonyl (C=O) groups is 1. The summed E-state index contributed by atoms with van der Waals surface area (Å²) in [6, 6.07) is 8.92. The number of hydrogen-bond acceptors (Lipinski definition) is 3. The lowest BCUT2D eigenvalue weighted by Crippen LogP contribution is -2.47. The molecule has 4 nitrogen and oxygen atoms in total. The molecule has 2 aromatic carbocycles. The van der Waals surface area contributed by atoms with E-state index in [0.29, 0.717) is 18.4 Å². The third-order valence-corrected chi connectivity index (χ3v) is 8.13. The molecule has 1 heterocycles. The predicted octanol–water partition coefficient (Wildman–Crippen LogP) is 6.98. The van der Waals surface area contributed by atoms with E-state index < -0.39 is 30.3 Å². The topological polar surface area (TPSA) is 50.7 Å². The lowest BCUT2D eigenvalue weighted by Gasteiger charge is -2.47. The van der Waals surface area contributed by atoms with Crippen molar-refractivity contribution in [2.24, 2.45) is 11.1 Å². The maximum absolute atomic E-state index is 14.3. The van der Waals surface area contributed by atoms with Crippen LogP contribution in [0, 0.1) is 5.92 Å². The van der Waals surface area contributed by atoms with Gasteiger partial charge in [-0.2, -0.15) is 13.2 Å². The zero-order valence-electron chi connectivity index (χ0n) is 18.5. The van der Waals surface area contributed by atoms with E-state index >= 15 is 0 Å². The molecule has 188 valence electrons. The summed E-state index contributed by atoms with van der Waals surface area (Å²) < 4.78 is 56.1. The molecule has 35 heavy (non-hydrogen) atoms. The van der Waals surface area contributed by atoms with Gasteiger partial charge in [-0.15, -0.1) is 0 Å². The first kappa shape index (κ1) is 26.0. The van der Waals surface area contributed by atoms with Crippen LogP contribution in [0.25, 0.3) is 0 Å².